The Morgan fingerprint density at radius 3 is 3.15 bits per heavy atom. The SMILES string of the molecule is N=C(N)Cc1ccc2c(c1)CCO2. The summed E-state index contributed by atoms with van der Waals surface area (Å²) in [5, 5.41) is 7.18. The van der Waals surface area contributed by atoms with Crippen molar-refractivity contribution in [1.82, 2.24) is 0 Å². The van der Waals surface area contributed by atoms with Gasteiger partial charge >= 0.3 is 0 Å². The summed E-state index contributed by atoms with van der Waals surface area (Å²) >= 11 is 0. The number of rotatable bonds is 2. The summed E-state index contributed by atoms with van der Waals surface area (Å²) in [7, 11) is 0. The predicted molar refractivity (Wildman–Crippen MR) is 51.3 cm³/mol. The zero-order chi connectivity index (χ0) is 9.26. The Hall–Kier alpha value is -1.51. The molecule has 1 aliphatic rings. The first-order valence-corrected chi connectivity index (χ1v) is 4.33. The van der Waals surface area contributed by atoms with E-state index < -0.39 is 0 Å². The topological polar surface area (TPSA) is 59.1 Å². The molecule has 0 saturated heterocycles. The van der Waals surface area contributed by atoms with Crippen LogP contribution in [0.3, 0.4) is 0 Å². The van der Waals surface area contributed by atoms with Crippen molar-refractivity contribution in [1.29, 1.82) is 5.41 Å². The van der Waals surface area contributed by atoms with Gasteiger partial charge in [0.05, 0.1) is 12.4 Å². The largest absolute Gasteiger partial charge is 0.493 e. The number of nitrogens with two attached hydrogens (primary N) is 1. The molecule has 0 spiro atoms. The molecule has 0 radical (unpaired) electrons. The van der Waals surface area contributed by atoms with Crippen molar-refractivity contribution < 1.29 is 4.74 Å². The van der Waals surface area contributed by atoms with Crippen molar-refractivity contribution in [3.63, 3.8) is 0 Å². The molecule has 1 aliphatic heterocycles. The number of hydrogen-bond donors (Lipinski definition) is 2. The average molecular weight is 176 g/mol. The van der Waals surface area contributed by atoms with Crippen LogP contribution in [0.4, 0.5) is 0 Å². The maximum absolute atomic E-state index is 7.18. The van der Waals surface area contributed by atoms with Gasteiger partial charge in [-0.2, -0.15) is 0 Å². The molecule has 68 valence electrons. The minimum atomic E-state index is 0.207. The second-order valence-corrected chi connectivity index (χ2v) is 3.24. The zero-order valence-electron chi connectivity index (χ0n) is 7.34. The summed E-state index contributed by atoms with van der Waals surface area (Å²) in [5.74, 6) is 1.19. The van der Waals surface area contributed by atoms with Crippen molar-refractivity contribution in [3.05, 3.63) is 29.3 Å². The van der Waals surface area contributed by atoms with E-state index in [0.717, 1.165) is 24.3 Å². The molecule has 1 aromatic rings. The number of fused-ring (bicyclic) bond motifs is 1. The summed E-state index contributed by atoms with van der Waals surface area (Å²) in [4.78, 5) is 0. The second kappa shape index (κ2) is 3.09. The maximum atomic E-state index is 7.18. The molecule has 0 aliphatic carbocycles. The van der Waals surface area contributed by atoms with Crippen molar-refractivity contribution in [3.8, 4) is 5.75 Å². The van der Waals surface area contributed by atoms with Crippen molar-refractivity contribution in [2.24, 2.45) is 5.73 Å². The van der Waals surface area contributed by atoms with Crippen molar-refractivity contribution >= 4 is 5.84 Å². The average Bonchev–Trinajstić information content (AvgIpc) is 2.49. The first-order valence-electron chi connectivity index (χ1n) is 4.33. The lowest BCUT2D eigenvalue weighted by Crippen LogP contribution is -2.12. The first-order chi connectivity index (χ1) is 6.25. The minimum absolute atomic E-state index is 0.207. The van der Waals surface area contributed by atoms with E-state index in [2.05, 4.69) is 6.07 Å². The zero-order valence-corrected chi connectivity index (χ0v) is 7.34. The molecule has 0 aromatic heterocycles. The molecular weight excluding hydrogens is 164 g/mol. The fourth-order valence-electron chi connectivity index (χ4n) is 1.57. The molecule has 13 heavy (non-hydrogen) atoms. The standard InChI is InChI=1S/C10H12N2O/c11-10(12)6-7-1-2-9-8(5-7)3-4-13-9/h1-2,5H,3-4,6H2,(H3,11,12). The Morgan fingerprint density at radius 1 is 1.54 bits per heavy atom. The molecule has 0 saturated carbocycles. The van der Waals surface area contributed by atoms with Crippen LogP contribution in [0.2, 0.25) is 0 Å². The summed E-state index contributed by atoms with van der Waals surface area (Å²) < 4.78 is 5.37. The van der Waals surface area contributed by atoms with E-state index in [1.165, 1.54) is 5.56 Å². The molecule has 0 unspecified atom stereocenters. The summed E-state index contributed by atoms with van der Waals surface area (Å²) in [6.07, 6.45) is 1.51. The molecule has 2 rings (SSSR count). The summed E-state index contributed by atoms with van der Waals surface area (Å²) in [6, 6.07) is 6.00. The van der Waals surface area contributed by atoms with Crippen LogP contribution in [0, 0.1) is 5.41 Å². The third-order valence-electron chi connectivity index (χ3n) is 2.15. The molecule has 1 heterocycles. The van der Waals surface area contributed by atoms with Gasteiger partial charge in [-0.3, -0.25) is 5.41 Å². The predicted octanol–water partition coefficient (Wildman–Crippen LogP) is 1.10. The van der Waals surface area contributed by atoms with Gasteiger partial charge in [0.15, 0.2) is 0 Å². The molecule has 3 heteroatoms. The Labute approximate surface area is 77.0 Å². The van der Waals surface area contributed by atoms with Crippen molar-refractivity contribution in [2.45, 2.75) is 12.8 Å². The monoisotopic (exact) mass is 176 g/mol. The third kappa shape index (κ3) is 1.64. The molecule has 0 bridgehead atoms. The lowest BCUT2D eigenvalue weighted by Gasteiger charge is -2.02. The molecule has 0 fully saturated rings. The fraction of sp³-hybridized carbons (Fsp3) is 0.300. The second-order valence-electron chi connectivity index (χ2n) is 3.24. The van der Waals surface area contributed by atoms with Crippen LogP contribution < -0.4 is 10.5 Å². The van der Waals surface area contributed by atoms with Crippen molar-refractivity contribution in [2.75, 3.05) is 6.61 Å². The third-order valence-corrected chi connectivity index (χ3v) is 2.15. The number of benzene rings is 1. The van der Waals surface area contributed by atoms with Gasteiger partial charge in [0.25, 0.3) is 0 Å². The van der Waals surface area contributed by atoms with E-state index in [-0.39, 0.29) is 5.84 Å². The number of amidine groups is 1. The van der Waals surface area contributed by atoms with Gasteiger partial charge in [-0.25, -0.2) is 0 Å². The first kappa shape index (κ1) is 8.10. The number of ether oxygens (including phenoxy) is 1. The van der Waals surface area contributed by atoms with Crippen LogP contribution in [-0.4, -0.2) is 12.4 Å². The molecular formula is C10H12N2O. The highest BCUT2D eigenvalue weighted by molar-refractivity contribution is 5.79. The van der Waals surface area contributed by atoms with E-state index in [9.17, 15) is 0 Å². The molecule has 0 amide bonds. The van der Waals surface area contributed by atoms with E-state index in [0.29, 0.717) is 6.42 Å². The Morgan fingerprint density at radius 2 is 2.38 bits per heavy atom. The molecule has 1 aromatic carbocycles. The van der Waals surface area contributed by atoms with Gasteiger partial charge in [0.1, 0.15) is 5.75 Å². The van der Waals surface area contributed by atoms with Gasteiger partial charge in [0.2, 0.25) is 0 Å². The number of hydrogen-bond acceptors (Lipinski definition) is 2. The van der Waals surface area contributed by atoms with E-state index in [1.807, 2.05) is 12.1 Å². The van der Waals surface area contributed by atoms with Crippen LogP contribution in [0.25, 0.3) is 0 Å². The lowest BCUT2D eigenvalue weighted by molar-refractivity contribution is 0.357. The maximum Gasteiger partial charge on any atom is 0.122 e. The van der Waals surface area contributed by atoms with Gasteiger partial charge < -0.3 is 10.5 Å². The van der Waals surface area contributed by atoms with Crippen LogP contribution in [0.15, 0.2) is 18.2 Å². The Kier molecular flexibility index (Phi) is 1.93. The molecule has 3 N–H and O–H groups in total. The fourth-order valence-corrected chi connectivity index (χ4v) is 1.57. The highest BCUT2D eigenvalue weighted by Gasteiger charge is 2.11. The van der Waals surface area contributed by atoms with Gasteiger partial charge in [0, 0.05) is 12.8 Å². The lowest BCUT2D eigenvalue weighted by atomic mass is 10.1. The minimum Gasteiger partial charge on any atom is -0.493 e. The number of nitrogens with one attached hydrogen (secondary N) is 1. The van der Waals surface area contributed by atoms with E-state index >= 15 is 0 Å². The molecule has 0 atom stereocenters. The van der Waals surface area contributed by atoms with Crippen LogP contribution in [0.5, 0.6) is 5.75 Å². The van der Waals surface area contributed by atoms with Crippen LogP contribution in [0.1, 0.15) is 11.1 Å². The highest BCUT2D eigenvalue weighted by atomic mass is 16.5. The van der Waals surface area contributed by atoms with Crippen LogP contribution >= 0.6 is 0 Å². The normalized spacial score (nSPS) is 13.5. The molecule has 3 nitrogen and oxygen atoms in total. The summed E-state index contributed by atoms with van der Waals surface area (Å²) in [5.41, 5.74) is 7.65. The quantitative estimate of drug-likeness (QED) is 0.523. The van der Waals surface area contributed by atoms with Gasteiger partial charge in [-0.05, 0) is 17.2 Å². The van der Waals surface area contributed by atoms with Crippen LogP contribution in [-0.2, 0) is 12.8 Å². The van der Waals surface area contributed by atoms with Gasteiger partial charge in [-0.1, -0.05) is 12.1 Å². The summed E-state index contributed by atoms with van der Waals surface area (Å²) in [6.45, 7) is 0.777. The van der Waals surface area contributed by atoms with Gasteiger partial charge in [-0.15, -0.1) is 0 Å². The smallest absolute Gasteiger partial charge is 0.122 e. The highest BCUT2D eigenvalue weighted by Crippen LogP contribution is 2.25. The Bertz CT molecular complexity index is 347. The van der Waals surface area contributed by atoms with E-state index in [4.69, 9.17) is 15.9 Å². The van der Waals surface area contributed by atoms with E-state index in [1.54, 1.807) is 0 Å². The Balaban J connectivity index is 2.25.